The zero-order chi connectivity index (χ0) is 36.7. The monoisotopic (exact) mass is 710 g/mol. The molecule has 11 aromatic carbocycles. The van der Waals surface area contributed by atoms with Crippen LogP contribution in [0.4, 0.5) is 17.1 Å². The average molecular weight is 711 g/mol. The van der Waals surface area contributed by atoms with Gasteiger partial charge >= 0.3 is 0 Å². The second kappa shape index (κ2) is 12.0. The Morgan fingerprint density at radius 2 is 0.946 bits per heavy atom. The maximum absolute atomic E-state index is 2.47. The summed E-state index contributed by atoms with van der Waals surface area (Å²) in [6, 6.07) is 75.8. The molecule has 0 amide bonds. The summed E-state index contributed by atoms with van der Waals surface area (Å²) in [6.45, 7) is 0. The van der Waals surface area contributed by atoms with Crippen molar-refractivity contribution in [2.75, 3.05) is 4.90 Å². The molecule has 0 spiro atoms. The van der Waals surface area contributed by atoms with E-state index in [0.29, 0.717) is 0 Å². The lowest BCUT2D eigenvalue weighted by Crippen LogP contribution is -2.10. The van der Waals surface area contributed by atoms with Gasteiger partial charge in [0, 0.05) is 33.2 Å². The Kier molecular flexibility index (Phi) is 6.66. The Labute approximate surface area is 324 Å². The van der Waals surface area contributed by atoms with E-state index in [1.807, 2.05) is 0 Å². The van der Waals surface area contributed by atoms with Gasteiger partial charge in [-0.1, -0.05) is 146 Å². The van der Waals surface area contributed by atoms with Crippen LogP contribution in [0.25, 0.3) is 92.5 Å². The Morgan fingerprint density at radius 1 is 0.304 bits per heavy atom. The second-order valence-electron chi connectivity index (χ2n) is 14.9. The largest absolute Gasteiger partial charge is 0.310 e. The van der Waals surface area contributed by atoms with Gasteiger partial charge < -0.3 is 9.47 Å². The average Bonchev–Trinajstić information content (AvgIpc) is 3.59. The molecule has 0 radical (unpaired) electrons. The summed E-state index contributed by atoms with van der Waals surface area (Å²) in [5.74, 6) is 0. The van der Waals surface area contributed by atoms with Crippen molar-refractivity contribution in [3.63, 3.8) is 0 Å². The molecule has 0 saturated carbocycles. The van der Waals surface area contributed by atoms with Gasteiger partial charge in [0.25, 0.3) is 0 Å². The third-order valence-corrected chi connectivity index (χ3v) is 11.8. The lowest BCUT2D eigenvalue weighted by atomic mass is 9.91. The van der Waals surface area contributed by atoms with Crippen molar-refractivity contribution >= 4 is 92.7 Å². The molecule has 0 N–H and O–H groups in total. The molecule has 12 rings (SSSR count). The summed E-state index contributed by atoms with van der Waals surface area (Å²) in [5.41, 5.74) is 9.39. The fourth-order valence-electron chi connectivity index (χ4n) is 9.30. The van der Waals surface area contributed by atoms with Gasteiger partial charge in [-0.25, -0.2) is 0 Å². The first-order valence-electron chi connectivity index (χ1n) is 19.3. The molecular weight excluding hydrogens is 677 g/mol. The molecule has 0 fully saturated rings. The highest BCUT2D eigenvalue weighted by molar-refractivity contribution is 6.33. The fourth-order valence-corrected chi connectivity index (χ4v) is 9.30. The number of para-hydroxylation sites is 1. The molecule has 1 aromatic heterocycles. The van der Waals surface area contributed by atoms with Gasteiger partial charge in [0.1, 0.15) is 0 Å². The van der Waals surface area contributed by atoms with Crippen LogP contribution in [0.5, 0.6) is 0 Å². The lowest BCUT2D eigenvalue weighted by Gasteiger charge is -2.27. The standard InChI is InChI=1S/C54H34N2/c1-2-16-43(17-3-1)55(49-19-9-13-37-11-6-7-18-46(37)49)44-27-22-36(23-28-44)41-26-31-50-48(33-41)54-47-30-25-39-15-8-14-38-20-21-42(53(47)52(38)39)34-51(54)56(50)45-29-24-35-10-4-5-12-40(35)32-45/h1-34H. The molecule has 0 unspecified atom stereocenters. The number of hydrogen-bond acceptors (Lipinski definition) is 1. The van der Waals surface area contributed by atoms with Gasteiger partial charge in [-0.2, -0.15) is 0 Å². The van der Waals surface area contributed by atoms with Crippen LogP contribution in [0.2, 0.25) is 0 Å². The summed E-state index contributed by atoms with van der Waals surface area (Å²) in [6.07, 6.45) is 0. The third kappa shape index (κ3) is 4.63. The van der Waals surface area contributed by atoms with Crippen molar-refractivity contribution in [1.82, 2.24) is 4.57 Å². The number of rotatable bonds is 5. The van der Waals surface area contributed by atoms with Crippen molar-refractivity contribution in [1.29, 1.82) is 0 Å². The van der Waals surface area contributed by atoms with E-state index >= 15 is 0 Å². The van der Waals surface area contributed by atoms with Crippen molar-refractivity contribution in [3.05, 3.63) is 206 Å². The number of hydrogen-bond donors (Lipinski definition) is 0. The predicted octanol–water partition coefficient (Wildman–Crippen LogP) is 15.1. The number of benzene rings is 11. The first-order chi connectivity index (χ1) is 27.8. The van der Waals surface area contributed by atoms with Crippen LogP contribution in [0.3, 0.4) is 0 Å². The quantitative estimate of drug-likeness (QED) is 0.161. The van der Waals surface area contributed by atoms with Crippen LogP contribution in [0, 0.1) is 0 Å². The maximum Gasteiger partial charge on any atom is 0.0553 e. The molecule has 0 saturated heterocycles. The van der Waals surface area contributed by atoms with Crippen LogP contribution >= 0.6 is 0 Å². The van der Waals surface area contributed by atoms with Gasteiger partial charge in [-0.05, 0) is 120 Å². The Hall–Kier alpha value is -7.42. The van der Waals surface area contributed by atoms with Gasteiger partial charge in [0.15, 0.2) is 0 Å². The van der Waals surface area contributed by atoms with E-state index in [-0.39, 0.29) is 0 Å². The highest BCUT2D eigenvalue weighted by Crippen LogP contribution is 2.45. The van der Waals surface area contributed by atoms with Crippen molar-refractivity contribution in [3.8, 4) is 16.8 Å². The summed E-state index contributed by atoms with van der Waals surface area (Å²) >= 11 is 0. The molecule has 0 atom stereocenters. The minimum Gasteiger partial charge on any atom is -0.310 e. The van der Waals surface area contributed by atoms with E-state index in [2.05, 4.69) is 216 Å². The Balaban J connectivity index is 1.07. The predicted molar refractivity (Wildman–Crippen MR) is 240 cm³/mol. The van der Waals surface area contributed by atoms with Crippen LogP contribution in [0.1, 0.15) is 0 Å². The van der Waals surface area contributed by atoms with Gasteiger partial charge in [0.05, 0.1) is 16.7 Å². The van der Waals surface area contributed by atoms with E-state index < -0.39 is 0 Å². The molecule has 2 nitrogen and oxygen atoms in total. The van der Waals surface area contributed by atoms with Crippen molar-refractivity contribution < 1.29 is 0 Å². The lowest BCUT2D eigenvalue weighted by molar-refractivity contribution is 1.19. The van der Waals surface area contributed by atoms with E-state index in [1.54, 1.807) is 0 Å². The number of anilines is 3. The Morgan fingerprint density at radius 3 is 1.80 bits per heavy atom. The zero-order valence-electron chi connectivity index (χ0n) is 30.5. The van der Waals surface area contributed by atoms with Crippen LogP contribution in [-0.4, -0.2) is 4.57 Å². The maximum atomic E-state index is 2.47. The minimum absolute atomic E-state index is 1.12. The summed E-state index contributed by atoms with van der Waals surface area (Å²) in [7, 11) is 0. The molecule has 1 heterocycles. The normalized spacial score (nSPS) is 11.9. The van der Waals surface area contributed by atoms with Gasteiger partial charge in [-0.15, -0.1) is 0 Å². The first kappa shape index (κ1) is 31.0. The number of aromatic nitrogens is 1. The van der Waals surface area contributed by atoms with E-state index in [9.17, 15) is 0 Å². The molecule has 0 aliphatic rings. The van der Waals surface area contributed by atoms with E-state index in [0.717, 1.165) is 17.1 Å². The Bertz CT molecular complexity index is 3450. The molecule has 12 aromatic rings. The van der Waals surface area contributed by atoms with Crippen LogP contribution in [-0.2, 0) is 0 Å². The molecular formula is C54H34N2. The molecule has 56 heavy (non-hydrogen) atoms. The molecule has 0 aliphatic carbocycles. The fraction of sp³-hybridized carbons (Fsp3) is 0. The zero-order valence-corrected chi connectivity index (χ0v) is 30.5. The minimum atomic E-state index is 1.12. The summed E-state index contributed by atoms with van der Waals surface area (Å²) in [4.78, 5) is 2.37. The van der Waals surface area contributed by atoms with Crippen LogP contribution in [0.15, 0.2) is 206 Å². The van der Waals surface area contributed by atoms with Crippen LogP contribution < -0.4 is 4.90 Å². The second-order valence-corrected chi connectivity index (χ2v) is 14.9. The van der Waals surface area contributed by atoms with E-state index in [1.165, 1.54) is 92.5 Å². The SMILES string of the molecule is c1ccc(N(c2ccc(-c3ccc4c(c3)c3c5ccc6cccc7ccc(cc3n4-c3ccc4ccccc4c3)c5c76)cc2)c2cccc3ccccc23)cc1. The molecule has 0 aliphatic heterocycles. The molecule has 260 valence electrons. The highest BCUT2D eigenvalue weighted by atomic mass is 15.1. The van der Waals surface area contributed by atoms with Crippen molar-refractivity contribution in [2.45, 2.75) is 0 Å². The summed E-state index contributed by atoms with van der Waals surface area (Å²) < 4.78 is 2.47. The third-order valence-electron chi connectivity index (χ3n) is 11.8. The van der Waals surface area contributed by atoms with Crippen molar-refractivity contribution in [2.24, 2.45) is 0 Å². The number of nitrogens with zero attached hydrogens (tertiary/aromatic N) is 2. The molecule has 0 bridgehead atoms. The molecule has 2 heteroatoms. The number of fused-ring (bicyclic) bond motifs is 6. The summed E-state index contributed by atoms with van der Waals surface area (Å²) in [5, 5.41) is 15.3. The first-order valence-corrected chi connectivity index (χ1v) is 19.3. The van der Waals surface area contributed by atoms with Gasteiger partial charge in [0.2, 0.25) is 0 Å². The topological polar surface area (TPSA) is 8.17 Å². The highest BCUT2D eigenvalue weighted by Gasteiger charge is 2.20. The van der Waals surface area contributed by atoms with E-state index in [4.69, 9.17) is 0 Å². The van der Waals surface area contributed by atoms with Gasteiger partial charge in [-0.3, -0.25) is 0 Å². The smallest absolute Gasteiger partial charge is 0.0553 e.